The van der Waals surface area contributed by atoms with Crippen molar-refractivity contribution in [1.82, 2.24) is 15.2 Å². The minimum absolute atomic E-state index is 0.102. The summed E-state index contributed by atoms with van der Waals surface area (Å²) in [6.07, 6.45) is 11.2. The molecule has 1 unspecified atom stereocenters. The first-order valence-corrected chi connectivity index (χ1v) is 23.4. The van der Waals surface area contributed by atoms with Gasteiger partial charge >= 0.3 is 11.9 Å². The normalized spacial score (nSPS) is 32.0. The number of likely N-dealkylation sites (N-methyl/N-ethyl adjacent to an activating group) is 1. The Hall–Kier alpha value is -5.59. The molecule has 3 N–H and O–H groups in total. The summed E-state index contributed by atoms with van der Waals surface area (Å²) in [5.74, 6) is 0.464. The van der Waals surface area contributed by atoms with Gasteiger partial charge in [0.2, 0.25) is 0 Å². The van der Waals surface area contributed by atoms with E-state index in [4.69, 9.17) is 18.9 Å². The fourth-order valence-electron chi connectivity index (χ4n) is 14.3. The van der Waals surface area contributed by atoms with Crippen molar-refractivity contribution in [2.24, 2.45) is 17.3 Å². The molecule has 12 heteroatoms. The van der Waals surface area contributed by atoms with Gasteiger partial charge in [0.25, 0.3) is 5.91 Å². The van der Waals surface area contributed by atoms with Gasteiger partial charge in [-0.2, -0.15) is 0 Å². The van der Waals surface area contributed by atoms with Crippen LogP contribution in [0.3, 0.4) is 0 Å². The fourth-order valence-corrected chi connectivity index (χ4v) is 14.3. The molecule has 4 heterocycles. The van der Waals surface area contributed by atoms with Crippen LogP contribution in [-0.4, -0.2) is 105 Å². The number of benzene rings is 3. The third-order valence-electron chi connectivity index (χ3n) is 16.6. The summed E-state index contributed by atoms with van der Waals surface area (Å²) >= 11 is 0. The van der Waals surface area contributed by atoms with E-state index in [0.29, 0.717) is 48.8 Å². The lowest BCUT2D eigenvalue weighted by molar-refractivity contribution is -0.216. The SMILES string of the molecule is CCC1=C[C@@H]2CC(C1)Cc1c([nH]c3ccccc13)[C@@](C(=O)OC)(c1cc3c(cc1OC)N(C)[C@H]1[C@@](O)(CNC(=O)c4ccc(OC)cc4)[C@H](OC(C)=O)[C@]4(CC)C=CCN5CC[C@]31[C@@H]54)C2. The Morgan fingerprint density at radius 1 is 0.969 bits per heavy atom. The molecule has 65 heavy (non-hydrogen) atoms. The number of H-pyrrole nitrogens is 1. The minimum atomic E-state index is -1.82. The Bertz CT molecular complexity index is 2640. The van der Waals surface area contributed by atoms with Gasteiger partial charge < -0.3 is 39.3 Å². The molecule has 1 aromatic heterocycles. The van der Waals surface area contributed by atoms with Crippen molar-refractivity contribution in [3.05, 3.63) is 112 Å². The zero-order chi connectivity index (χ0) is 45.6. The monoisotopic (exact) mass is 882 g/mol. The fraction of sp³-hybridized carbons (Fsp3) is 0.491. The van der Waals surface area contributed by atoms with E-state index in [1.807, 2.05) is 19.2 Å². The molecule has 2 fully saturated rings. The number of carbonyl (C=O) groups is 3. The number of hydrogen-bond acceptors (Lipinski definition) is 10. The molecule has 4 aromatic rings. The van der Waals surface area contributed by atoms with Crippen LogP contribution in [0.25, 0.3) is 10.9 Å². The Morgan fingerprint density at radius 2 is 1.75 bits per heavy atom. The van der Waals surface area contributed by atoms with Gasteiger partial charge in [-0.25, -0.2) is 0 Å². The van der Waals surface area contributed by atoms with E-state index in [1.165, 1.54) is 19.6 Å². The smallest absolute Gasteiger partial charge is 0.322 e. The van der Waals surface area contributed by atoms with Crippen molar-refractivity contribution < 1.29 is 38.4 Å². The highest BCUT2D eigenvalue weighted by Crippen LogP contribution is 2.68. The standard InChI is InChI=1S/C53H62N4O8/c1-8-32-23-33-25-34(24-32)29-52(49(60)64-7,44-38(26-33)37-13-10-11-14-41(37)55-44)40-27-39-42(28-43(40)63-6)56(4)47-51(39)20-22-57-21-12-19-50(9-2,46(51)57)48(65-31(3)58)53(47,61)30-54-45(59)35-15-17-36(62-5)18-16-35/h10-19,24,27-28,33-34,46-48,55,61H,8-9,20-23,25-26,29-30H2,1-7H3,(H,54,59)/t33?,34-,46+,47-,48-,50-,51-,52+,53+/m1/s1. The van der Waals surface area contributed by atoms with Crippen LogP contribution in [0, 0.1) is 17.3 Å². The summed E-state index contributed by atoms with van der Waals surface area (Å²) in [6.45, 7) is 6.93. The molecule has 0 radical (unpaired) electrons. The number of anilines is 1. The van der Waals surface area contributed by atoms with Crippen LogP contribution in [0.5, 0.6) is 11.5 Å². The molecule has 1 saturated heterocycles. The van der Waals surface area contributed by atoms with Crippen LogP contribution in [0.4, 0.5) is 5.69 Å². The van der Waals surface area contributed by atoms with Crippen molar-refractivity contribution in [3.63, 3.8) is 0 Å². The summed E-state index contributed by atoms with van der Waals surface area (Å²) in [4.78, 5) is 51.2. The second kappa shape index (κ2) is 15.8. The molecule has 3 aliphatic heterocycles. The summed E-state index contributed by atoms with van der Waals surface area (Å²) < 4.78 is 24.2. The largest absolute Gasteiger partial charge is 0.497 e. The van der Waals surface area contributed by atoms with Gasteiger partial charge in [-0.05, 0) is 111 Å². The Labute approximate surface area is 381 Å². The minimum Gasteiger partial charge on any atom is -0.497 e. The molecule has 12 nitrogen and oxygen atoms in total. The average Bonchev–Trinajstić information content (AvgIpc) is 3.97. The number of carbonyl (C=O) groups excluding carboxylic acids is 3. The van der Waals surface area contributed by atoms with Crippen molar-refractivity contribution in [3.8, 4) is 11.5 Å². The first-order chi connectivity index (χ1) is 31.3. The molecule has 2 bridgehead atoms. The maximum atomic E-state index is 15.4. The second-order valence-electron chi connectivity index (χ2n) is 19.6. The number of nitrogens with one attached hydrogen (secondary N) is 2. The van der Waals surface area contributed by atoms with Crippen LogP contribution in [-0.2, 0) is 36.3 Å². The first-order valence-electron chi connectivity index (χ1n) is 23.4. The number of ether oxygens (including phenoxy) is 4. The van der Waals surface area contributed by atoms with Gasteiger partial charge in [-0.15, -0.1) is 0 Å². The number of fused-ring (bicyclic) bond motifs is 6. The molecule has 6 aliphatic rings. The molecular weight excluding hydrogens is 821 g/mol. The Balaban J connectivity index is 1.22. The van der Waals surface area contributed by atoms with Crippen molar-refractivity contribution in [2.45, 2.75) is 100 Å². The zero-order valence-corrected chi connectivity index (χ0v) is 38.7. The third-order valence-corrected chi connectivity index (χ3v) is 16.6. The number of aliphatic hydroxyl groups is 1. The van der Waals surface area contributed by atoms with E-state index in [1.54, 1.807) is 38.5 Å². The predicted molar refractivity (Wildman–Crippen MR) is 249 cm³/mol. The number of methoxy groups -OCH3 is 3. The van der Waals surface area contributed by atoms with Crippen molar-refractivity contribution in [1.29, 1.82) is 0 Å². The van der Waals surface area contributed by atoms with Crippen LogP contribution in [0.2, 0.25) is 0 Å². The molecule has 3 aliphatic carbocycles. The van der Waals surface area contributed by atoms with Crippen molar-refractivity contribution in [2.75, 3.05) is 52.9 Å². The van der Waals surface area contributed by atoms with Gasteiger partial charge in [0.05, 0.1) is 33.9 Å². The van der Waals surface area contributed by atoms with Crippen LogP contribution < -0.4 is 19.7 Å². The number of rotatable bonds is 10. The molecule has 1 saturated carbocycles. The number of amides is 1. The Kier molecular flexibility index (Phi) is 10.5. The molecule has 10 rings (SSSR count). The van der Waals surface area contributed by atoms with Crippen LogP contribution in [0.15, 0.2) is 84.5 Å². The highest BCUT2D eigenvalue weighted by Gasteiger charge is 2.78. The lowest BCUT2D eigenvalue weighted by atomic mass is 9.47. The second-order valence-corrected chi connectivity index (χ2v) is 19.6. The average molecular weight is 883 g/mol. The molecular formula is C53H62N4O8. The lowest BCUT2D eigenvalue weighted by Crippen LogP contribution is -2.81. The molecule has 342 valence electrons. The topological polar surface area (TPSA) is 143 Å². The predicted octanol–water partition coefficient (Wildman–Crippen LogP) is 7.16. The first kappa shape index (κ1) is 43.3. The number of aromatic amines is 1. The van der Waals surface area contributed by atoms with E-state index in [9.17, 15) is 14.7 Å². The van der Waals surface area contributed by atoms with Gasteiger partial charge in [-0.3, -0.25) is 19.3 Å². The van der Waals surface area contributed by atoms with E-state index in [2.05, 4.69) is 76.4 Å². The summed E-state index contributed by atoms with van der Waals surface area (Å²) in [5, 5.41) is 18.2. The molecule has 3 aromatic carbocycles. The number of hydrogen-bond donors (Lipinski definition) is 3. The molecule has 1 amide bonds. The maximum Gasteiger partial charge on any atom is 0.322 e. The molecule has 1 spiro atoms. The maximum absolute atomic E-state index is 15.4. The Morgan fingerprint density at radius 3 is 2.46 bits per heavy atom. The summed E-state index contributed by atoms with van der Waals surface area (Å²) in [5.41, 5.74) is 2.62. The summed E-state index contributed by atoms with van der Waals surface area (Å²) in [7, 11) is 6.70. The summed E-state index contributed by atoms with van der Waals surface area (Å²) in [6, 6.07) is 18.5. The van der Waals surface area contributed by atoms with Gasteiger partial charge in [0.1, 0.15) is 28.6 Å². The van der Waals surface area contributed by atoms with Crippen molar-refractivity contribution >= 4 is 34.4 Å². The van der Waals surface area contributed by atoms with Gasteiger partial charge in [0, 0.05) is 76.9 Å². The number of aromatic nitrogens is 1. The number of esters is 2. The van der Waals surface area contributed by atoms with Crippen LogP contribution >= 0.6 is 0 Å². The zero-order valence-electron chi connectivity index (χ0n) is 38.7. The van der Waals surface area contributed by atoms with E-state index < -0.39 is 40.0 Å². The van der Waals surface area contributed by atoms with E-state index in [0.717, 1.165) is 71.2 Å². The van der Waals surface area contributed by atoms with Gasteiger partial charge in [-0.1, -0.05) is 55.8 Å². The number of para-hydroxylation sites is 1. The number of allylic oxidation sites excluding steroid dienone is 2. The van der Waals surface area contributed by atoms with E-state index in [-0.39, 0.29) is 30.4 Å². The quantitative estimate of drug-likeness (QED) is 0.111. The van der Waals surface area contributed by atoms with Gasteiger partial charge in [0.15, 0.2) is 0 Å². The van der Waals surface area contributed by atoms with E-state index >= 15 is 4.79 Å². The third kappa shape index (κ3) is 6.11. The lowest BCUT2D eigenvalue weighted by Gasteiger charge is -2.64. The number of nitrogens with zero attached hydrogens (tertiary/aromatic N) is 2. The van der Waals surface area contributed by atoms with Crippen LogP contribution in [0.1, 0.15) is 92.0 Å². The highest BCUT2D eigenvalue weighted by atomic mass is 16.6. The molecule has 9 atom stereocenters. The highest BCUT2D eigenvalue weighted by molar-refractivity contribution is 5.95.